The lowest BCUT2D eigenvalue weighted by Gasteiger charge is -2.30. The van der Waals surface area contributed by atoms with Crippen LogP contribution < -0.4 is 4.74 Å². The number of likely N-dealkylation sites (tertiary alicyclic amines) is 1. The quantitative estimate of drug-likeness (QED) is 0.631. The van der Waals surface area contributed by atoms with Crippen LogP contribution in [0.25, 0.3) is 11.4 Å². The van der Waals surface area contributed by atoms with Crippen molar-refractivity contribution < 1.29 is 13.7 Å². The molecule has 0 N–H and O–H groups in total. The van der Waals surface area contributed by atoms with Gasteiger partial charge in [-0.3, -0.25) is 4.90 Å². The topological polar surface area (TPSA) is 75.2 Å². The Morgan fingerprint density at radius 2 is 2.10 bits per heavy atom. The van der Waals surface area contributed by atoms with E-state index in [4.69, 9.17) is 14.5 Å². The zero-order valence-electron chi connectivity index (χ0n) is 15.9. The van der Waals surface area contributed by atoms with Crippen LogP contribution in [-0.2, 0) is 0 Å². The summed E-state index contributed by atoms with van der Waals surface area (Å²) in [6.45, 7) is 3.15. The van der Waals surface area contributed by atoms with Gasteiger partial charge in [-0.25, -0.2) is 4.39 Å². The standard InChI is InChI=1S/C22H21FN4O2/c23-19-8-6-17(7-9-19)21-25-22(29-26-21)18-4-2-10-27(15-18)11-12-28-20-5-1-3-16(13-20)14-24/h1,3,5-9,13,18H,2,4,10-12,15H2. The van der Waals surface area contributed by atoms with Gasteiger partial charge in [0, 0.05) is 18.7 Å². The number of rotatable bonds is 6. The molecule has 1 aliphatic heterocycles. The Labute approximate surface area is 168 Å². The number of ether oxygens (including phenoxy) is 1. The Kier molecular flexibility index (Phi) is 5.82. The van der Waals surface area contributed by atoms with E-state index in [1.165, 1.54) is 12.1 Å². The lowest BCUT2D eigenvalue weighted by Crippen LogP contribution is -2.37. The van der Waals surface area contributed by atoms with Crippen LogP contribution in [0.1, 0.15) is 30.2 Å². The van der Waals surface area contributed by atoms with Crippen molar-refractivity contribution in [2.75, 3.05) is 26.2 Å². The van der Waals surface area contributed by atoms with Crippen molar-refractivity contribution in [3.63, 3.8) is 0 Å². The van der Waals surface area contributed by atoms with Crippen molar-refractivity contribution in [2.24, 2.45) is 0 Å². The van der Waals surface area contributed by atoms with Gasteiger partial charge in [0.15, 0.2) is 0 Å². The first kappa shape index (κ1) is 19.1. The molecule has 1 unspecified atom stereocenters. The van der Waals surface area contributed by atoms with E-state index < -0.39 is 0 Å². The minimum absolute atomic E-state index is 0.173. The Morgan fingerprint density at radius 1 is 1.24 bits per heavy atom. The van der Waals surface area contributed by atoms with Crippen molar-refractivity contribution in [1.29, 1.82) is 5.26 Å². The van der Waals surface area contributed by atoms with Gasteiger partial charge in [0.25, 0.3) is 0 Å². The number of halogens is 1. The van der Waals surface area contributed by atoms with Crippen LogP contribution in [0.2, 0.25) is 0 Å². The first-order valence-electron chi connectivity index (χ1n) is 9.66. The number of benzene rings is 2. The molecule has 29 heavy (non-hydrogen) atoms. The third-order valence-electron chi connectivity index (χ3n) is 5.04. The van der Waals surface area contributed by atoms with Gasteiger partial charge in [-0.2, -0.15) is 10.2 Å². The molecule has 0 bridgehead atoms. The van der Waals surface area contributed by atoms with Crippen LogP contribution in [0.4, 0.5) is 4.39 Å². The summed E-state index contributed by atoms with van der Waals surface area (Å²) in [6.07, 6.45) is 2.04. The highest BCUT2D eigenvalue weighted by Gasteiger charge is 2.26. The zero-order valence-corrected chi connectivity index (χ0v) is 15.9. The van der Waals surface area contributed by atoms with E-state index in [1.807, 2.05) is 12.1 Å². The number of piperidine rings is 1. The average Bonchev–Trinajstić information content (AvgIpc) is 3.25. The van der Waals surface area contributed by atoms with Gasteiger partial charge < -0.3 is 9.26 Å². The van der Waals surface area contributed by atoms with Crippen LogP contribution in [0, 0.1) is 17.1 Å². The van der Waals surface area contributed by atoms with E-state index >= 15 is 0 Å². The first-order valence-corrected chi connectivity index (χ1v) is 9.66. The van der Waals surface area contributed by atoms with E-state index in [1.54, 1.807) is 24.3 Å². The highest BCUT2D eigenvalue weighted by molar-refractivity contribution is 5.53. The fourth-order valence-electron chi connectivity index (χ4n) is 3.53. The van der Waals surface area contributed by atoms with Gasteiger partial charge in [0.05, 0.1) is 17.6 Å². The van der Waals surface area contributed by atoms with E-state index in [2.05, 4.69) is 21.1 Å². The second-order valence-corrected chi connectivity index (χ2v) is 7.09. The summed E-state index contributed by atoms with van der Waals surface area (Å²) in [5.74, 6) is 1.70. The van der Waals surface area contributed by atoms with Crippen LogP contribution in [-0.4, -0.2) is 41.3 Å². The summed E-state index contributed by atoms with van der Waals surface area (Å²) < 4.78 is 24.4. The maximum Gasteiger partial charge on any atom is 0.231 e. The molecular formula is C22H21FN4O2. The largest absolute Gasteiger partial charge is 0.492 e. The molecule has 2 heterocycles. The van der Waals surface area contributed by atoms with Gasteiger partial charge in [-0.15, -0.1) is 0 Å². The third-order valence-corrected chi connectivity index (χ3v) is 5.04. The summed E-state index contributed by atoms with van der Waals surface area (Å²) in [4.78, 5) is 6.85. The van der Waals surface area contributed by atoms with Crippen LogP contribution in [0.3, 0.4) is 0 Å². The lowest BCUT2D eigenvalue weighted by atomic mass is 9.98. The summed E-state index contributed by atoms with van der Waals surface area (Å²) in [6, 6.07) is 15.4. The third kappa shape index (κ3) is 4.79. The predicted octanol–water partition coefficient (Wildman–Crippen LogP) is 4.01. The fraction of sp³-hybridized carbons (Fsp3) is 0.318. The summed E-state index contributed by atoms with van der Waals surface area (Å²) in [5.41, 5.74) is 1.33. The molecule has 4 rings (SSSR count). The van der Waals surface area contributed by atoms with E-state index in [-0.39, 0.29) is 11.7 Å². The van der Waals surface area contributed by atoms with Gasteiger partial charge in [-0.05, 0) is 61.9 Å². The number of nitrogens with zero attached hydrogens (tertiary/aromatic N) is 4. The van der Waals surface area contributed by atoms with Crippen LogP contribution in [0.5, 0.6) is 5.75 Å². The monoisotopic (exact) mass is 392 g/mol. The minimum atomic E-state index is -0.290. The Bertz CT molecular complexity index is 997. The van der Waals surface area contributed by atoms with Crippen molar-refractivity contribution >= 4 is 0 Å². The first-order chi connectivity index (χ1) is 14.2. The molecule has 1 fully saturated rings. The van der Waals surface area contributed by atoms with E-state index in [0.29, 0.717) is 29.6 Å². The van der Waals surface area contributed by atoms with Crippen molar-refractivity contribution in [2.45, 2.75) is 18.8 Å². The maximum absolute atomic E-state index is 13.1. The molecule has 0 spiro atoms. The predicted molar refractivity (Wildman–Crippen MR) is 105 cm³/mol. The highest BCUT2D eigenvalue weighted by atomic mass is 19.1. The molecule has 3 aromatic rings. The molecule has 148 valence electrons. The second kappa shape index (κ2) is 8.84. The molecule has 0 saturated carbocycles. The van der Waals surface area contributed by atoms with Crippen LogP contribution in [0.15, 0.2) is 53.1 Å². The minimum Gasteiger partial charge on any atom is -0.492 e. The number of hydrogen-bond donors (Lipinski definition) is 0. The summed E-state index contributed by atoms with van der Waals surface area (Å²) >= 11 is 0. The Balaban J connectivity index is 1.32. The van der Waals surface area contributed by atoms with Gasteiger partial charge >= 0.3 is 0 Å². The normalized spacial score (nSPS) is 17.0. The zero-order chi connectivity index (χ0) is 20.1. The summed E-state index contributed by atoms with van der Waals surface area (Å²) in [7, 11) is 0. The van der Waals surface area contributed by atoms with Crippen molar-refractivity contribution in [3.05, 3.63) is 65.8 Å². The molecule has 6 nitrogen and oxygen atoms in total. The Morgan fingerprint density at radius 3 is 2.93 bits per heavy atom. The molecule has 0 aliphatic carbocycles. The molecule has 1 atom stereocenters. The molecule has 1 aromatic heterocycles. The van der Waals surface area contributed by atoms with Crippen LogP contribution >= 0.6 is 0 Å². The number of aromatic nitrogens is 2. The SMILES string of the molecule is N#Cc1cccc(OCCN2CCCC(c3nc(-c4ccc(F)cc4)no3)C2)c1. The second-order valence-electron chi connectivity index (χ2n) is 7.09. The van der Waals surface area contributed by atoms with Gasteiger partial charge in [-0.1, -0.05) is 11.2 Å². The molecule has 0 amide bonds. The molecule has 1 aliphatic rings. The number of hydrogen-bond acceptors (Lipinski definition) is 6. The molecule has 1 saturated heterocycles. The van der Waals surface area contributed by atoms with E-state index in [0.717, 1.165) is 38.0 Å². The van der Waals surface area contributed by atoms with E-state index in [9.17, 15) is 4.39 Å². The Hall–Kier alpha value is -3.24. The number of nitriles is 1. The average molecular weight is 392 g/mol. The maximum atomic E-state index is 13.1. The van der Waals surface area contributed by atoms with Gasteiger partial charge in [0.2, 0.25) is 11.7 Å². The highest BCUT2D eigenvalue weighted by Crippen LogP contribution is 2.27. The molecular weight excluding hydrogens is 371 g/mol. The molecule has 2 aromatic carbocycles. The van der Waals surface area contributed by atoms with Gasteiger partial charge in [0.1, 0.15) is 18.2 Å². The lowest BCUT2D eigenvalue weighted by molar-refractivity contribution is 0.157. The van der Waals surface area contributed by atoms with Crippen molar-refractivity contribution in [1.82, 2.24) is 15.0 Å². The smallest absolute Gasteiger partial charge is 0.231 e. The molecule has 7 heteroatoms. The summed E-state index contributed by atoms with van der Waals surface area (Å²) in [5, 5.41) is 13.0. The fourth-order valence-corrected chi connectivity index (χ4v) is 3.53. The molecule has 0 radical (unpaired) electrons. The van der Waals surface area contributed by atoms with Crippen molar-refractivity contribution in [3.8, 4) is 23.2 Å².